The van der Waals surface area contributed by atoms with E-state index >= 15 is 0 Å². The molecule has 1 saturated heterocycles. The average molecular weight is 390 g/mol. The fraction of sp³-hybridized carbons (Fsp3) is 0.261. The van der Waals surface area contributed by atoms with E-state index in [0.29, 0.717) is 18.1 Å². The minimum Gasteiger partial charge on any atom is -0.342 e. The van der Waals surface area contributed by atoms with Gasteiger partial charge in [0.1, 0.15) is 11.6 Å². The molecule has 1 aliphatic heterocycles. The Morgan fingerprint density at radius 2 is 2.10 bits per heavy atom. The second-order valence-corrected chi connectivity index (χ2v) is 7.35. The third-order valence-corrected chi connectivity index (χ3v) is 5.24. The molecule has 1 fully saturated rings. The molecular weight excluding hydrogens is 367 g/mol. The van der Waals surface area contributed by atoms with Crippen molar-refractivity contribution in [2.75, 3.05) is 18.4 Å². The van der Waals surface area contributed by atoms with Gasteiger partial charge in [0.2, 0.25) is 5.91 Å². The lowest BCUT2D eigenvalue weighted by molar-refractivity contribution is -0.130. The third kappa shape index (κ3) is 4.59. The minimum absolute atomic E-state index is 0.106. The molecule has 29 heavy (non-hydrogen) atoms. The van der Waals surface area contributed by atoms with Crippen molar-refractivity contribution in [1.82, 2.24) is 14.9 Å². The Morgan fingerprint density at radius 3 is 2.86 bits per heavy atom. The van der Waals surface area contributed by atoms with Crippen molar-refractivity contribution >= 4 is 17.4 Å². The van der Waals surface area contributed by atoms with Crippen LogP contribution >= 0.6 is 0 Å². The Hall–Kier alpha value is -3.28. The summed E-state index contributed by atoms with van der Waals surface area (Å²) in [7, 11) is 0. The van der Waals surface area contributed by atoms with Gasteiger partial charge in [0.15, 0.2) is 0 Å². The fourth-order valence-electron chi connectivity index (χ4n) is 3.76. The first-order valence-corrected chi connectivity index (χ1v) is 9.79. The van der Waals surface area contributed by atoms with Crippen LogP contribution in [-0.2, 0) is 4.79 Å². The van der Waals surface area contributed by atoms with Crippen LogP contribution in [0.15, 0.2) is 60.9 Å². The Morgan fingerprint density at radius 1 is 1.21 bits per heavy atom. The molecule has 0 saturated carbocycles. The van der Waals surface area contributed by atoms with E-state index in [1.807, 2.05) is 23.1 Å². The maximum Gasteiger partial charge on any atom is 0.219 e. The second-order valence-electron chi connectivity index (χ2n) is 7.35. The summed E-state index contributed by atoms with van der Waals surface area (Å²) in [6, 6.07) is 14.2. The lowest BCUT2D eigenvalue weighted by atomic mass is 9.90. The topological polar surface area (TPSA) is 58.1 Å². The first-order chi connectivity index (χ1) is 14.1. The molecule has 3 heterocycles. The van der Waals surface area contributed by atoms with Gasteiger partial charge in [-0.3, -0.25) is 9.78 Å². The summed E-state index contributed by atoms with van der Waals surface area (Å²) in [5, 5.41) is 3.22. The summed E-state index contributed by atoms with van der Waals surface area (Å²) in [5.74, 6) is 0.684. The molecule has 0 spiro atoms. The van der Waals surface area contributed by atoms with Crippen LogP contribution in [0.1, 0.15) is 31.2 Å². The number of aromatic nitrogens is 2. The van der Waals surface area contributed by atoms with Crippen molar-refractivity contribution in [3.05, 3.63) is 72.3 Å². The van der Waals surface area contributed by atoms with Gasteiger partial charge in [0.05, 0.1) is 5.69 Å². The SMILES string of the molecule is CC(=O)N1CCCC(c2cc(Nc3cccc(F)c3)nc(-c3cccnc3)c2)C1. The van der Waals surface area contributed by atoms with Crippen LogP contribution < -0.4 is 5.32 Å². The van der Waals surface area contributed by atoms with Crippen LogP contribution in [0.3, 0.4) is 0 Å². The van der Waals surface area contributed by atoms with Gasteiger partial charge in [-0.25, -0.2) is 9.37 Å². The van der Waals surface area contributed by atoms with Crippen LogP contribution in [0.2, 0.25) is 0 Å². The van der Waals surface area contributed by atoms with E-state index in [0.717, 1.165) is 36.2 Å². The van der Waals surface area contributed by atoms with Gasteiger partial charge in [0.25, 0.3) is 0 Å². The van der Waals surface area contributed by atoms with Crippen LogP contribution in [-0.4, -0.2) is 33.9 Å². The normalized spacial score (nSPS) is 16.5. The van der Waals surface area contributed by atoms with Gasteiger partial charge < -0.3 is 10.2 Å². The molecule has 3 aromatic rings. The molecule has 1 aromatic carbocycles. The highest BCUT2D eigenvalue weighted by Crippen LogP contribution is 2.32. The fourth-order valence-corrected chi connectivity index (χ4v) is 3.76. The van der Waals surface area contributed by atoms with E-state index < -0.39 is 0 Å². The Bertz CT molecular complexity index is 1010. The lowest BCUT2D eigenvalue weighted by Crippen LogP contribution is -2.37. The highest BCUT2D eigenvalue weighted by Gasteiger charge is 2.24. The molecule has 0 bridgehead atoms. The average Bonchev–Trinajstić information content (AvgIpc) is 2.74. The number of hydrogen-bond acceptors (Lipinski definition) is 4. The van der Waals surface area contributed by atoms with Gasteiger partial charge in [-0.05, 0) is 60.9 Å². The summed E-state index contributed by atoms with van der Waals surface area (Å²) >= 11 is 0. The molecule has 1 amide bonds. The molecule has 4 rings (SSSR count). The first-order valence-electron chi connectivity index (χ1n) is 9.79. The number of halogens is 1. The molecule has 5 nitrogen and oxygen atoms in total. The molecule has 1 N–H and O–H groups in total. The van der Waals surface area contributed by atoms with Crippen molar-refractivity contribution in [3.8, 4) is 11.3 Å². The van der Waals surface area contributed by atoms with Gasteiger partial charge in [-0.15, -0.1) is 0 Å². The largest absolute Gasteiger partial charge is 0.342 e. The predicted molar refractivity (Wildman–Crippen MR) is 111 cm³/mol. The van der Waals surface area contributed by atoms with E-state index in [1.165, 1.54) is 12.1 Å². The van der Waals surface area contributed by atoms with Crippen LogP contribution in [0.5, 0.6) is 0 Å². The number of anilines is 2. The monoisotopic (exact) mass is 390 g/mol. The molecule has 2 aromatic heterocycles. The van der Waals surface area contributed by atoms with Gasteiger partial charge in [0, 0.05) is 49.6 Å². The van der Waals surface area contributed by atoms with Gasteiger partial charge in [-0.2, -0.15) is 0 Å². The summed E-state index contributed by atoms with van der Waals surface area (Å²) in [6.45, 7) is 3.12. The standard InChI is InChI=1S/C23H23FN4O/c1-16(29)28-10-4-6-18(15-28)19-11-22(17-5-3-9-25-14-17)27-23(12-19)26-21-8-2-7-20(24)13-21/h2-3,5,7-9,11-14,18H,4,6,10,15H2,1H3,(H,26,27). The number of hydrogen-bond donors (Lipinski definition) is 1. The number of benzene rings is 1. The molecule has 0 aliphatic carbocycles. The minimum atomic E-state index is -0.303. The summed E-state index contributed by atoms with van der Waals surface area (Å²) in [6.07, 6.45) is 5.49. The zero-order valence-electron chi connectivity index (χ0n) is 16.3. The first kappa shape index (κ1) is 19.1. The quantitative estimate of drug-likeness (QED) is 0.698. The van der Waals surface area contributed by atoms with Crippen LogP contribution in [0.25, 0.3) is 11.3 Å². The van der Waals surface area contributed by atoms with Crippen LogP contribution in [0, 0.1) is 5.82 Å². The summed E-state index contributed by atoms with van der Waals surface area (Å²) in [4.78, 5) is 22.7. The van der Waals surface area contributed by atoms with Gasteiger partial charge >= 0.3 is 0 Å². The highest BCUT2D eigenvalue weighted by atomic mass is 19.1. The van der Waals surface area contributed by atoms with Crippen LogP contribution in [0.4, 0.5) is 15.9 Å². The smallest absolute Gasteiger partial charge is 0.219 e. The predicted octanol–water partition coefficient (Wildman–Crippen LogP) is 4.75. The van der Waals surface area contributed by atoms with E-state index in [4.69, 9.17) is 4.98 Å². The molecule has 1 atom stereocenters. The molecule has 1 aliphatic rings. The number of amides is 1. The number of carbonyl (C=O) groups is 1. The molecular formula is C23H23FN4O. The summed E-state index contributed by atoms with van der Waals surface area (Å²) in [5.41, 5.74) is 3.47. The highest BCUT2D eigenvalue weighted by molar-refractivity contribution is 5.73. The van der Waals surface area contributed by atoms with E-state index in [-0.39, 0.29) is 17.6 Å². The van der Waals surface area contributed by atoms with E-state index in [1.54, 1.807) is 31.5 Å². The summed E-state index contributed by atoms with van der Waals surface area (Å²) < 4.78 is 13.6. The zero-order valence-corrected chi connectivity index (χ0v) is 16.3. The second kappa shape index (κ2) is 8.39. The maximum absolute atomic E-state index is 13.6. The maximum atomic E-state index is 13.6. The third-order valence-electron chi connectivity index (χ3n) is 5.24. The van der Waals surface area contributed by atoms with E-state index in [2.05, 4.69) is 16.4 Å². The number of pyridine rings is 2. The van der Waals surface area contributed by atoms with Crippen molar-refractivity contribution in [2.24, 2.45) is 0 Å². The molecule has 1 unspecified atom stereocenters. The number of rotatable bonds is 4. The van der Waals surface area contributed by atoms with Gasteiger partial charge in [-0.1, -0.05) is 6.07 Å². The Balaban J connectivity index is 1.71. The lowest BCUT2D eigenvalue weighted by Gasteiger charge is -2.32. The zero-order chi connectivity index (χ0) is 20.2. The van der Waals surface area contributed by atoms with Crippen molar-refractivity contribution in [1.29, 1.82) is 0 Å². The number of carbonyl (C=O) groups excluding carboxylic acids is 1. The Kier molecular flexibility index (Phi) is 5.51. The molecule has 6 heteroatoms. The molecule has 148 valence electrons. The Labute approximate surface area is 169 Å². The number of nitrogens with one attached hydrogen (secondary N) is 1. The van der Waals surface area contributed by atoms with E-state index in [9.17, 15) is 9.18 Å². The van der Waals surface area contributed by atoms with Crippen molar-refractivity contribution in [3.63, 3.8) is 0 Å². The van der Waals surface area contributed by atoms with Crippen molar-refractivity contribution in [2.45, 2.75) is 25.7 Å². The number of likely N-dealkylation sites (tertiary alicyclic amines) is 1. The number of piperidine rings is 1. The molecule has 0 radical (unpaired) electrons. The number of nitrogens with zero attached hydrogens (tertiary/aromatic N) is 3. The van der Waals surface area contributed by atoms with Crippen molar-refractivity contribution < 1.29 is 9.18 Å².